The lowest BCUT2D eigenvalue weighted by atomic mass is 9.84. The van der Waals surface area contributed by atoms with E-state index in [2.05, 4.69) is 121 Å². The molecule has 2 aromatic heterocycles. The molecule has 0 radical (unpaired) electrons. The molecule has 2 unspecified atom stereocenters. The lowest BCUT2D eigenvalue weighted by Crippen LogP contribution is -2.52. The van der Waals surface area contributed by atoms with Crippen LogP contribution < -0.4 is 4.57 Å². The van der Waals surface area contributed by atoms with Crippen molar-refractivity contribution in [3.05, 3.63) is 109 Å². The van der Waals surface area contributed by atoms with E-state index in [1.165, 1.54) is 49.9 Å². The van der Waals surface area contributed by atoms with Crippen LogP contribution in [0.1, 0.15) is 19.4 Å². The fourth-order valence-electron chi connectivity index (χ4n) is 6.14. The second-order valence-corrected chi connectivity index (χ2v) is 9.23. The van der Waals surface area contributed by atoms with Crippen molar-refractivity contribution in [1.82, 2.24) is 4.57 Å². The maximum atomic E-state index is 4.48. The maximum Gasteiger partial charge on any atom is 0.213 e. The van der Waals surface area contributed by atoms with E-state index < -0.39 is 0 Å². The lowest BCUT2D eigenvalue weighted by molar-refractivity contribution is -0.727. The predicted molar refractivity (Wildman–Crippen MR) is 127 cm³/mol. The third-order valence-electron chi connectivity index (χ3n) is 8.10. The monoisotopic (exact) mass is 399 g/mol. The molecule has 7 rings (SSSR count). The van der Waals surface area contributed by atoms with Gasteiger partial charge in [0.1, 0.15) is 0 Å². The van der Waals surface area contributed by atoms with E-state index in [-0.39, 0.29) is 11.0 Å². The van der Waals surface area contributed by atoms with Crippen LogP contribution in [0.3, 0.4) is 0 Å². The van der Waals surface area contributed by atoms with Crippen LogP contribution in [0.15, 0.2) is 103 Å². The number of aromatic nitrogens is 2. The molecule has 2 nitrogen and oxygen atoms in total. The van der Waals surface area contributed by atoms with Gasteiger partial charge in [-0.3, -0.25) is 0 Å². The van der Waals surface area contributed by atoms with Gasteiger partial charge in [0, 0.05) is 41.1 Å². The first-order valence-corrected chi connectivity index (χ1v) is 10.9. The smallest absolute Gasteiger partial charge is 0.213 e. The largest absolute Gasteiger partial charge is 0.309 e. The number of allylic oxidation sites excluding steroid dienone is 1. The fourth-order valence-corrected chi connectivity index (χ4v) is 6.14. The Balaban J connectivity index is 1.57. The Morgan fingerprint density at radius 3 is 2.13 bits per heavy atom. The van der Waals surface area contributed by atoms with E-state index in [4.69, 9.17) is 0 Å². The van der Waals surface area contributed by atoms with E-state index in [9.17, 15) is 0 Å². The molecular weight excluding hydrogens is 376 g/mol. The molecule has 0 amide bonds. The summed E-state index contributed by atoms with van der Waals surface area (Å²) in [6.07, 6.45) is 2.21. The van der Waals surface area contributed by atoms with Crippen LogP contribution in [0.5, 0.6) is 0 Å². The van der Waals surface area contributed by atoms with Crippen molar-refractivity contribution >= 4 is 21.8 Å². The van der Waals surface area contributed by atoms with Crippen molar-refractivity contribution in [1.29, 1.82) is 0 Å². The highest BCUT2D eigenvalue weighted by atomic mass is 15.2. The van der Waals surface area contributed by atoms with Crippen molar-refractivity contribution < 1.29 is 4.57 Å². The van der Waals surface area contributed by atoms with Gasteiger partial charge in [-0.05, 0) is 42.8 Å². The standard InChI is InChI=1S/C29H23N2/c1-19-28(2)24-16-15-20(18-23(24)25-12-8-9-17-30(25)29(19,28)3)31-26-13-6-4-10-21(26)22-11-5-7-14-27(22)31/h4-18H,1H2,2-3H3/q+1. The zero-order valence-corrected chi connectivity index (χ0v) is 17.8. The lowest BCUT2D eigenvalue weighted by Gasteiger charge is -2.25. The van der Waals surface area contributed by atoms with Crippen molar-refractivity contribution in [2.75, 3.05) is 0 Å². The number of hydrogen-bond donors (Lipinski definition) is 0. The van der Waals surface area contributed by atoms with Crippen molar-refractivity contribution in [2.45, 2.75) is 24.8 Å². The number of para-hydroxylation sites is 2. The normalized spacial score (nSPS) is 23.5. The molecule has 1 saturated carbocycles. The molecule has 3 heterocycles. The van der Waals surface area contributed by atoms with Crippen LogP contribution in [-0.4, -0.2) is 4.57 Å². The summed E-state index contributed by atoms with van der Waals surface area (Å²) < 4.78 is 4.82. The SMILES string of the molecule is C=C1C2(C)c3ccc(-n4c5ccccc5c5ccccc54)cc3-c3cccc[n+]3C12C. The third kappa shape index (κ3) is 1.79. The minimum atomic E-state index is -0.0506. The van der Waals surface area contributed by atoms with E-state index in [0.717, 1.165) is 0 Å². The summed E-state index contributed by atoms with van der Waals surface area (Å²) in [6, 6.07) is 30.9. The fraction of sp³-hybridized carbons (Fsp3) is 0.138. The zero-order valence-electron chi connectivity index (χ0n) is 17.8. The van der Waals surface area contributed by atoms with Crippen LogP contribution in [0.4, 0.5) is 0 Å². The van der Waals surface area contributed by atoms with Crippen molar-refractivity contribution in [2.24, 2.45) is 0 Å². The van der Waals surface area contributed by atoms with Gasteiger partial charge >= 0.3 is 0 Å². The van der Waals surface area contributed by atoms with Gasteiger partial charge in [0.2, 0.25) is 11.2 Å². The van der Waals surface area contributed by atoms with Gasteiger partial charge in [0.25, 0.3) is 0 Å². The van der Waals surface area contributed by atoms with Crippen LogP contribution in [0.25, 0.3) is 38.8 Å². The molecule has 148 valence electrons. The van der Waals surface area contributed by atoms with Crippen molar-refractivity contribution in [3.8, 4) is 16.9 Å². The molecule has 0 saturated heterocycles. The Kier molecular flexibility index (Phi) is 2.94. The first-order valence-electron chi connectivity index (χ1n) is 10.9. The van der Waals surface area contributed by atoms with Crippen LogP contribution >= 0.6 is 0 Å². The van der Waals surface area contributed by atoms with Gasteiger partial charge in [-0.25, -0.2) is 0 Å². The van der Waals surface area contributed by atoms with Gasteiger partial charge in [0.05, 0.1) is 22.0 Å². The molecule has 3 aromatic carbocycles. The number of pyridine rings is 1. The van der Waals surface area contributed by atoms with E-state index in [0.29, 0.717) is 0 Å². The second kappa shape index (κ2) is 5.33. The van der Waals surface area contributed by atoms with Crippen LogP contribution in [-0.2, 0) is 11.0 Å². The molecule has 1 fully saturated rings. The predicted octanol–water partition coefficient (Wildman–Crippen LogP) is 6.29. The highest BCUT2D eigenvalue weighted by Gasteiger charge is 2.77. The molecule has 2 heteroatoms. The number of benzene rings is 3. The summed E-state index contributed by atoms with van der Waals surface area (Å²) in [4.78, 5) is 0. The Labute approximate surface area is 181 Å². The minimum Gasteiger partial charge on any atom is -0.309 e. The molecule has 0 bridgehead atoms. The van der Waals surface area contributed by atoms with E-state index in [1.54, 1.807) is 0 Å². The van der Waals surface area contributed by atoms with Gasteiger partial charge in [0.15, 0.2) is 6.20 Å². The summed E-state index contributed by atoms with van der Waals surface area (Å²) in [7, 11) is 0. The Hall–Kier alpha value is -3.65. The number of nitrogens with zero attached hydrogens (tertiary/aromatic N) is 2. The number of hydrogen-bond acceptors (Lipinski definition) is 0. The van der Waals surface area contributed by atoms with E-state index >= 15 is 0 Å². The van der Waals surface area contributed by atoms with Gasteiger partial charge < -0.3 is 4.57 Å². The zero-order chi connectivity index (χ0) is 21.0. The van der Waals surface area contributed by atoms with Gasteiger partial charge in [-0.15, -0.1) is 0 Å². The summed E-state index contributed by atoms with van der Waals surface area (Å²) in [5.41, 5.74) is 8.85. The van der Waals surface area contributed by atoms with E-state index in [1.807, 2.05) is 0 Å². The molecule has 31 heavy (non-hydrogen) atoms. The average Bonchev–Trinajstić information content (AvgIpc) is 3.12. The van der Waals surface area contributed by atoms with Crippen molar-refractivity contribution in [3.63, 3.8) is 0 Å². The van der Waals surface area contributed by atoms with Crippen LogP contribution in [0.2, 0.25) is 0 Å². The average molecular weight is 400 g/mol. The summed E-state index contributed by atoms with van der Waals surface area (Å²) >= 11 is 0. The number of fused-ring (bicyclic) bond motifs is 9. The highest BCUT2D eigenvalue weighted by Crippen LogP contribution is 2.67. The molecule has 1 aliphatic heterocycles. The third-order valence-corrected chi connectivity index (χ3v) is 8.10. The Morgan fingerprint density at radius 2 is 1.42 bits per heavy atom. The molecule has 2 atom stereocenters. The van der Waals surface area contributed by atoms with Crippen LogP contribution in [0, 0.1) is 0 Å². The summed E-state index contributed by atoms with van der Waals surface area (Å²) in [5.74, 6) is 0. The van der Waals surface area contributed by atoms with Gasteiger partial charge in [-0.1, -0.05) is 49.0 Å². The number of rotatable bonds is 1. The molecule has 1 aliphatic carbocycles. The molecule has 5 aromatic rings. The second-order valence-electron chi connectivity index (χ2n) is 9.23. The summed E-state index contributed by atoms with van der Waals surface area (Å²) in [6.45, 7) is 9.15. The molecular formula is C29H23N2+. The Morgan fingerprint density at radius 1 is 0.774 bits per heavy atom. The molecule has 0 N–H and O–H groups in total. The highest BCUT2D eigenvalue weighted by molar-refractivity contribution is 6.09. The van der Waals surface area contributed by atoms with Gasteiger partial charge in [-0.2, -0.15) is 4.57 Å². The topological polar surface area (TPSA) is 8.81 Å². The molecule has 2 aliphatic rings. The quantitative estimate of drug-likeness (QED) is 0.231. The summed E-state index contributed by atoms with van der Waals surface area (Å²) in [5, 5.41) is 2.58. The molecule has 0 spiro atoms. The Bertz CT molecular complexity index is 1530. The minimum absolute atomic E-state index is 0.0271. The first-order chi connectivity index (χ1) is 15.1. The maximum absolute atomic E-state index is 4.48. The first kappa shape index (κ1) is 17.1.